The molecule has 0 aliphatic heterocycles. The standard InChI is InChI=1S/C28H54O6/c1-11-17-19-23(25(29)31-27(7,8)21(13-3)14-4)33-34-24(20-18-12-2)26(30)32-28(9,10)22(15-5)16-6/h21-24H,11-20H2,1-10H3. The Labute approximate surface area is 209 Å². The predicted octanol–water partition coefficient (Wildman–Crippen LogP) is 7.57. The van der Waals surface area contributed by atoms with Crippen LogP contribution in [0.4, 0.5) is 0 Å². The number of hydrogen-bond acceptors (Lipinski definition) is 6. The van der Waals surface area contributed by atoms with E-state index < -0.39 is 35.3 Å². The Morgan fingerprint density at radius 2 is 0.882 bits per heavy atom. The van der Waals surface area contributed by atoms with Crippen molar-refractivity contribution in [1.29, 1.82) is 0 Å². The Kier molecular flexibility index (Phi) is 16.0. The van der Waals surface area contributed by atoms with E-state index in [1.54, 1.807) is 0 Å². The molecule has 0 aromatic heterocycles. The van der Waals surface area contributed by atoms with E-state index in [9.17, 15) is 9.59 Å². The summed E-state index contributed by atoms with van der Waals surface area (Å²) >= 11 is 0. The van der Waals surface area contributed by atoms with Crippen molar-refractivity contribution >= 4 is 11.9 Å². The summed E-state index contributed by atoms with van der Waals surface area (Å²) in [6.45, 7) is 20.3. The topological polar surface area (TPSA) is 71.1 Å². The minimum Gasteiger partial charge on any atom is -0.457 e. The third kappa shape index (κ3) is 11.1. The zero-order chi connectivity index (χ0) is 26.4. The van der Waals surface area contributed by atoms with Gasteiger partial charge in [-0.15, -0.1) is 0 Å². The molecule has 0 aromatic rings. The maximum atomic E-state index is 13.0. The van der Waals surface area contributed by atoms with Crippen LogP contribution >= 0.6 is 0 Å². The quantitative estimate of drug-likeness (QED) is 0.106. The van der Waals surface area contributed by atoms with Crippen LogP contribution in [0.2, 0.25) is 0 Å². The molecule has 0 saturated carbocycles. The second kappa shape index (κ2) is 16.5. The summed E-state index contributed by atoms with van der Waals surface area (Å²) in [6.07, 6.45) is 6.29. The molecule has 0 spiro atoms. The van der Waals surface area contributed by atoms with E-state index in [1.807, 2.05) is 27.7 Å². The first-order chi connectivity index (χ1) is 15.9. The first-order valence-electron chi connectivity index (χ1n) is 13.7. The third-order valence-corrected chi connectivity index (χ3v) is 7.12. The Bertz CT molecular complexity index is 513. The number of carbonyl (C=O) groups excluding carboxylic acids is 2. The SMILES string of the molecule is CCCCC(OOC(CCCC)C(=O)OC(C)(C)C(CC)CC)C(=O)OC(C)(C)C(CC)CC. The summed E-state index contributed by atoms with van der Waals surface area (Å²) in [6, 6.07) is 0. The van der Waals surface area contributed by atoms with Crippen LogP contribution < -0.4 is 0 Å². The molecule has 6 heteroatoms. The summed E-state index contributed by atoms with van der Waals surface area (Å²) in [7, 11) is 0. The molecule has 6 nitrogen and oxygen atoms in total. The minimum absolute atomic E-state index is 0.254. The van der Waals surface area contributed by atoms with Crippen LogP contribution in [-0.2, 0) is 28.8 Å². The maximum absolute atomic E-state index is 13.0. The molecule has 0 N–H and O–H groups in total. The van der Waals surface area contributed by atoms with Crippen molar-refractivity contribution in [3.63, 3.8) is 0 Å². The van der Waals surface area contributed by atoms with Gasteiger partial charge in [0.15, 0.2) is 12.2 Å². The summed E-state index contributed by atoms with van der Waals surface area (Å²) in [4.78, 5) is 37.4. The highest BCUT2D eigenvalue weighted by atomic mass is 17.2. The molecule has 0 fully saturated rings. The Morgan fingerprint density at radius 1 is 0.588 bits per heavy atom. The van der Waals surface area contributed by atoms with Crippen LogP contribution in [0.15, 0.2) is 0 Å². The lowest BCUT2D eigenvalue weighted by atomic mass is 9.86. The Hall–Kier alpha value is -1.14. The van der Waals surface area contributed by atoms with E-state index in [2.05, 4.69) is 41.5 Å². The van der Waals surface area contributed by atoms with Gasteiger partial charge in [0.25, 0.3) is 0 Å². The van der Waals surface area contributed by atoms with E-state index in [0.717, 1.165) is 51.4 Å². The van der Waals surface area contributed by atoms with E-state index >= 15 is 0 Å². The number of ether oxygens (including phenoxy) is 2. The fourth-order valence-corrected chi connectivity index (χ4v) is 4.68. The summed E-state index contributed by atoms with van der Waals surface area (Å²) < 4.78 is 11.8. The number of unbranched alkanes of at least 4 members (excludes halogenated alkanes) is 2. The number of carbonyl (C=O) groups is 2. The lowest BCUT2D eigenvalue weighted by molar-refractivity contribution is -0.347. The van der Waals surface area contributed by atoms with Crippen LogP contribution in [0.25, 0.3) is 0 Å². The van der Waals surface area contributed by atoms with Crippen LogP contribution in [0.3, 0.4) is 0 Å². The molecule has 0 saturated heterocycles. The van der Waals surface area contributed by atoms with E-state index in [4.69, 9.17) is 19.2 Å². The zero-order valence-electron chi connectivity index (χ0n) is 23.8. The van der Waals surface area contributed by atoms with Crippen LogP contribution in [0.5, 0.6) is 0 Å². The Morgan fingerprint density at radius 3 is 1.12 bits per heavy atom. The van der Waals surface area contributed by atoms with Gasteiger partial charge in [-0.05, 0) is 78.1 Å². The van der Waals surface area contributed by atoms with Crippen molar-refractivity contribution in [3.05, 3.63) is 0 Å². The summed E-state index contributed by atoms with van der Waals surface area (Å²) in [5.74, 6) is -0.372. The first kappa shape index (κ1) is 32.9. The van der Waals surface area contributed by atoms with Crippen molar-refractivity contribution in [2.75, 3.05) is 0 Å². The molecular weight excluding hydrogens is 432 g/mol. The molecular formula is C28H54O6. The van der Waals surface area contributed by atoms with Crippen molar-refractivity contribution in [1.82, 2.24) is 0 Å². The fourth-order valence-electron chi connectivity index (χ4n) is 4.68. The number of hydrogen-bond donors (Lipinski definition) is 0. The highest BCUT2D eigenvalue weighted by Gasteiger charge is 2.37. The van der Waals surface area contributed by atoms with Gasteiger partial charge in [-0.1, -0.05) is 67.2 Å². The molecule has 0 rings (SSSR count). The molecule has 0 heterocycles. The highest BCUT2D eigenvalue weighted by molar-refractivity contribution is 5.76. The minimum atomic E-state index is -0.877. The molecule has 0 aromatic carbocycles. The summed E-state index contributed by atoms with van der Waals surface area (Å²) in [5, 5.41) is 0. The normalized spacial score (nSPS) is 14.4. The lowest BCUT2D eigenvalue weighted by Gasteiger charge is -2.35. The first-order valence-corrected chi connectivity index (χ1v) is 13.7. The van der Waals surface area contributed by atoms with Gasteiger partial charge in [0.05, 0.1) is 0 Å². The van der Waals surface area contributed by atoms with Crippen molar-refractivity contribution in [3.8, 4) is 0 Å². The lowest BCUT2D eigenvalue weighted by Crippen LogP contribution is -2.42. The molecule has 0 aliphatic carbocycles. The smallest absolute Gasteiger partial charge is 0.339 e. The maximum Gasteiger partial charge on any atom is 0.339 e. The zero-order valence-corrected chi connectivity index (χ0v) is 23.8. The van der Waals surface area contributed by atoms with Crippen molar-refractivity contribution in [2.24, 2.45) is 11.8 Å². The van der Waals surface area contributed by atoms with Crippen LogP contribution in [-0.4, -0.2) is 35.3 Å². The average molecular weight is 487 g/mol. The molecule has 2 unspecified atom stereocenters. The fraction of sp³-hybridized carbons (Fsp3) is 0.929. The van der Waals surface area contributed by atoms with Crippen molar-refractivity contribution < 1.29 is 28.8 Å². The number of esters is 2. The molecule has 202 valence electrons. The molecule has 2 atom stereocenters. The predicted molar refractivity (Wildman–Crippen MR) is 137 cm³/mol. The summed E-state index contributed by atoms with van der Waals surface area (Å²) in [5.41, 5.74) is -1.21. The van der Waals surface area contributed by atoms with Crippen LogP contribution in [0.1, 0.15) is 133 Å². The number of rotatable bonds is 19. The van der Waals surface area contributed by atoms with Gasteiger partial charge < -0.3 is 9.47 Å². The van der Waals surface area contributed by atoms with Gasteiger partial charge in [0, 0.05) is 0 Å². The van der Waals surface area contributed by atoms with Gasteiger partial charge in [0.1, 0.15) is 11.2 Å². The van der Waals surface area contributed by atoms with E-state index in [1.165, 1.54) is 0 Å². The third-order valence-electron chi connectivity index (χ3n) is 7.12. The Balaban J connectivity index is 5.43. The van der Waals surface area contributed by atoms with E-state index in [0.29, 0.717) is 12.8 Å². The molecule has 0 bridgehead atoms. The largest absolute Gasteiger partial charge is 0.457 e. The van der Waals surface area contributed by atoms with Gasteiger partial charge in [-0.3, -0.25) is 0 Å². The van der Waals surface area contributed by atoms with Crippen molar-refractivity contribution in [2.45, 2.75) is 157 Å². The van der Waals surface area contributed by atoms with Crippen LogP contribution in [0, 0.1) is 11.8 Å². The average Bonchev–Trinajstić information content (AvgIpc) is 2.75. The molecule has 0 radical (unpaired) electrons. The highest BCUT2D eigenvalue weighted by Crippen LogP contribution is 2.30. The second-order valence-corrected chi connectivity index (χ2v) is 10.5. The van der Waals surface area contributed by atoms with Gasteiger partial charge >= 0.3 is 11.9 Å². The monoisotopic (exact) mass is 486 g/mol. The van der Waals surface area contributed by atoms with Gasteiger partial charge in [-0.2, -0.15) is 0 Å². The second-order valence-electron chi connectivity index (χ2n) is 10.5. The molecule has 34 heavy (non-hydrogen) atoms. The van der Waals surface area contributed by atoms with Gasteiger partial charge in [-0.25, -0.2) is 19.4 Å². The van der Waals surface area contributed by atoms with Gasteiger partial charge in [0.2, 0.25) is 0 Å². The van der Waals surface area contributed by atoms with E-state index in [-0.39, 0.29) is 11.8 Å². The molecule has 0 aliphatic rings. The molecule has 0 amide bonds.